The van der Waals surface area contributed by atoms with Gasteiger partial charge in [0.15, 0.2) is 12.1 Å². The van der Waals surface area contributed by atoms with Crippen molar-refractivity contribution in [1.29, 1.82) is 0 Å². The molecule has 0 aliphatic carbocycles. The van der Waals surface area contributed by atoms with Gasteiger partial charge in [-0.3, -0.25) is 4.79 Å². The van der Waals surface area contributed by atoms with Gasteiger partial charge in [0.25, 0.3) is 0 Å². The Hall–Kier alpha value is -3.48. The van der Waals surface area contributed by atoms with Crippen LogP contribution in [0.1, 0.15) is 69.5 Å². The molecule has 6 heteroatoms. The predicted octanol–water partition coefficient (Wildman–Crippen LogP) is 5.59. The molecule has 170 valence electrons. The number of rotatable bonds is 8. The second-order valence-corrected chi connectivity index (χ2v) is 7.82. The van der Waals surface area contributed by atoms with Crippen LogP contribution in [0.5, 0.6) is 0 Å². The summed E-state index contributed by atoms with van der Waals surface area (Å²) in [6.07, 6.45) is -0.538. The van der Waals surface area contributed by atoms with Crippen molar-refractivity contribution in [1.82, 2.24) is 0 Å². The van der Waals surface area contributed by atoms with E-state index in [-0.39, 0.29) is 23.0 Å². The van der Waals surface area contributed by atoms with Gasteiger partial charge < -0.3 is 19.9 Å². The van der Waals surface area contributed by atoms with Crippen molar-refractivity contribution < 1.29 is 24.2 Å². The highest BCUT2D eigenvalue weighted by Crippen LogP contribution is 2.44. The molecular formula is C27H27NO5. The van der Waals surface area contributed by atoms with Crippen LogP contribution in [0, 0.1) is 0 Å². The Morgan fingerprint density at radius 3 is 2.27 bits per heavy atom. The maximum absolute atomic E-state index is 13.9. The zero-order valence-corrected chi connectivity index (χ0v) is 18.7. The Bertz CT molecular complexity index is 1140. The van der Waals surface area contributed by atoms with E-state index in [1.54, 1.807) is 12.1 Å². The number of carbonyl (C=O) groups excluding carboxylic acids is 1. The first-order valence-electron chi connectivity index (χ1n) is 11.1. The Kier molecular flexibility index (Phi) is 6.87. The largest absolute Gasteiger partial charge is 0.478 e. The third kappa shape index (κ3) is 4.53. The molecule has 0 saturated carbocycles. The number of hydrogen-bond acceptors (Lipinski definition) is 5. The minimum atomic E-state index is -1.12. The molecule has 4 rings (SSSR count). The summed E-state index contributed by atoms with van der Waals surface area (Å²) in [6, 6.07) is 21.8. The number of hydrogen-bond donors (Lipinski definition) is 2. The van der Waals surface area contributed by atoms with Crippen LogP contribution in [-0.2, 0) is 9.47 Å². The van der Waals surface area contributed by atoms with Crippen LogP contribution >= 0.6 is 0 Å². The van der Waals surface area contributed by atoms with Crippen molar-refractivity contribution in [3.63, 3.8) is 0 Å². The van der Waals surface area contributed by atoms with E-state index in [1.165, 1.54) is 6.07 Å². The zero-order chi connectivity index (χ0) is 23.4. The minimum Gasteiger partial charge on any atom is -0.478 e. The second kappa shape index (κ2) is 9.98. The standard InChI is InChI=1S/C27H27NO5/c1-3-32-27(33-4-2)19-13-8-12-18(16-19)22-24(17-10-6-5-7-11-17)28-21-15-9-14-20(26(30)31)23(21)25(22)29/h5-16,22,24,27-28H,3-4H2,1-2H3,(H,30,31). The van der Waals surface area contributed by atoms with Gasteiger partial charge in [-0.25, -0.2) is 4.79 Å². The minimum absolute atomic E-state index is 0.000763. The Morgan fingerprint density at radius 2 is 1.61 bits per heavy atom. The molecule has 0 spiro atoms. The molecule has 0 radical (unpaired) electrons. The Balaban J connectivity index is 1.85. The van der Waals surface area contributed by atoms with Crippen LogP contribution in [0.2, 0.25) is 0 Å². The summed E-state index contributed by atoms with van der Waals surface area (Å²) in [7, 11) is 0. The lowest BCUT2D eigenvalue weighted by Crippen LogP contribution is -2.33. The van der Waals surface area contributed by atoms with E-state index in [1.807, 2.05) is 68.4 Å². The number of aromatic carboxylic acids is 1. The molecule has 33 heavy (non-hydrogen) atoms. The maximum atomic E-state index is 13.9. The predicted molar refractivity (Wildman–Crippen MR) is 126 cm³/mol. The number of Topliss-reactive ketones (excluding diaryl/α,β-unsaturated/α-hetero) is 1. The van der Waals surface area contributed by atoms with Gasteiger partial charge in [-0.2, -0.15) is 0 Å². The first-order valence-corrected chi connectivity index (χ1v) is 11.1. The van der Waals surface area contributed by atoms with E-state index >= 15 is 0 Å². The molecule has 1 aliphatic rings. The maximum Gasteiger partial charge on any atom is 0.336 e. The summed E-state index contributed by atoms with van der Waals surface area (Å²) >= 11 is 0. The molecule has 1 aliphatic heterocycles. The average molecular weight is 446 g/mol. The van der Waals surface area contributed by atoms with Crippen LogP contribution in [-0.4, -0.2) is 30.1 Å². The number of fused-ring (bicyclic) bond motifs is 1. The molecule has 2 atom stereocenters. The van der Waals surface area contributed by atoms with Crippen LogP contribution in [0.25, 0.3) is 0 Å². The zero-order valence-electron chi connectivity index (χ0n) is 18.7. The summed E-state index contributed by atoms with van der Waals surface area (Å²) < 4.78 is 11.5. The number of anilines is 1. The molecule has 1 heterocycles. The summed E-state index contributed by atoms with van der Waals surface area (Å²) in [5.41, 5.74) is 3.27. The van der Waals surface area contributed by atoms with Gasteiger partial charge in [0.2, 0.25) is 0 Å². The smallest absolute Gasteiger partial charge is 0.336 e. The molecule has 3 aromatic rings. The normalized spacial score (nSPS) is 17.5. The van der Waals surface area contributed by atoms with Crippen molar-refractivity contribution in [2.75, 3.05) is 18.5 Å². The molecule has 0 bridgehead atoms. The third-order valence-corrected chi connectivity index (χ3v) is 5.80. The van der Waals surface area contributed by atoms with E-state index in [9.17, 15) is 14.7 Å². The number of ketones is 1. The van der Waals surface area contributed by atoms with Crippen molar-refractivity contribution in [2.45, 2.75) is 32.1 Å². The highest BCUT2D eigenvalue weighted by Gasteiger charge is 2.39. The summed E-state index contributed by atoms with van der Waals surface area (Å²) in [6.45, 7) is 4.78. The van der Waals surface area contributed by atoms with Crippen molar-refractivity contribution in [3.05, 3.63) is 101 Å². The van der Waals surface area contributed by atoms with Gasteiger partial charge in [-0.05, 0) is 43.2 Å². The average Bonchev–Trinajstić information content (AvgIpc) is 2.84. The van der Waals surface area contributed by atoms with Gasteiger partial charge >= 0.3 is 5.97 Å². The molecule has 2 unspecified atom stereocenters. The lowest BCUT2D eigenvalue weighted by atomic mass is 9.77. The molecule has 3 aromatic carbocycles. The fourth-order valence-corrected chi connectivity index (χ4v) is 4.40. The van der Waals surface area contributed by atoms with E-state index in [0.29, 0.717) is 18.9 Å². The fraction of sp³-hybridized carbons (Fsp3) is 0.259. The molecule has 2 N–H and O–H groups in total. The van der Waals surface area contributed by atoms with E-state index in [2.05, 4.69) is 5.32 Å². The van der Waals surface area contributed by atoms with E-state index in [0.717, 1.165) is 16.7 Å². The highest BCUT2D eigenvalue weighted by atomic mass is 16.7. The van der Waals surface area contributed by atoms with Crippen molar-refractivity contribution in [2.24, 2.45) is 0 Å². The molecule has 0 amide bonds. The summed E-state index contributed by atoms with van der Waals surface area (Å²) in [4.78, 5) is 25.8. The van der Waals surface area contributed by atoms with Gasteiger partial charge in [-0.1, -0.05) is 54.6 Å². The quantitative estimate of drug-likeness (QED) is 0.440. The highest BCUT2D eigenvalue weighted by molar-refractivity contribution is 6.14. The molecule has 6 nitrogen and oxygen atoms in total. The Labute approximate surface area is 193 Å². The number of carbonyl (C=O) groups is 2. The van der Waals surface area contributed by atoms with Gasteiger partial charge in [0.05, 0.1) is 23.1 Å². The number of carboxylic acids is 1. The topological polar surface area (TPSA) is 84.9 Å². The van der Waals surface area contributed by atoms with E-state index in [4.69, 9.17) is 9.47 Å². The number of carboxylic acid groups (broad SMARTS) is 1. The van der Waals surface area contributed by atoms with Crippen LogP contribution in [0.15, 0.2) is 72.8 Å². The van der Waals surface area contributed by atoms with E-state index < -0.39 is 18.2 Å². The van der Waals surface area contributed by atoms with Crippen LogP contribution in [0.4, 0.5) is 5.69 Å². The molecule has 0 fully saturated rings. The lowest BCUT2D eigenvalue weighted by molar-refractivity contribution is -0.140. The van der Waals surface area contributed by atoms with Crippen LogP contribution in [0.3, 0.4) is 0 Å². The SMILES string of the molecule is CCOC(OCC)c1cccc(C2C(=O)c3c(cccc3C(=O)O)NC2c2ccccc2)c1. The summed E-state index contributed by atoms with van der Waals surface area (Å²) in [5, 5.41) is 13.2. The molecular weight excluding hydrogens is 418 g/mol. The first kappa shape index (κ1) is 22.7. The van der Waals surface area contributed by atoms with Gasteiger partial charge in [0, 0.05) is 24.5 Å². The van der Waals surface area contributed by atoms with Crippen molar-refractivity contribution in [3.8, 4) is 0 Å². The first-order chi connectivity index (χ1) is 16.0. The van der Waals surface area contributed by atoms with Gasteiger partial charge in [-0.15, -0.1) is 0 Å². The number of ether oxygens (including phenoxy) is 2. The monoisotopic (exact) mass is 445 g/mol. The second-order valence-electron chi connectivity index (χ2n) is 7.82. The summed E-state index contributed by atoms with van der Waals surface area (Å²) in [5.74, 6) is -1.97. The Morgan fingerprint density at radius 1 is 0.939 bits per heavy atom. The molecule has 0 saturated heterocycles. The fourth-order valence-electron chi connectivity index (χ4n) is 4.40. The number of benzene rings is 3. The molecule has 0 aromatic heterocycles. The lowest BCUT2D eigenvalue weighted by Gasteiger charge is -2.35. The number of nitrogens with one attached hydrogen (secondary N) is 1. The van der Waals surface area contributed by atoms with Gasteiger partial charge in [0.1, 0.15) is 0 Å². The third-order valence-electron chi connectivity index (χ3n) is 5.80. The van der Waals surface area contributed by atoms with Crippen LogP contribution < -0.4 is 5.32 Å². The van der Waals surface area contributed by atoms with Crippen molar-refractivity contribution >= 4 is 17.4 Å².